The quantitative estimate of drug-likeness (QED) is 0.612. The van der Waals surface area contributed by atoms with E-state index < -0.39 is 0 Å². The first-order valence-electron chi connectivity index (χ1n) is 8.28. The second kappa shape index (κ2) is 8.04. The van der Waals surface area contributed by atoms with Crippen molar-refractivity contribution in [3.05, 3.63) is 90.0 Å². The van der Waals surface area contributed by atoms with E-state index in [1.165, 1.54) is 11.1 Å². The van der Waals surface area contributed by atoms with Gasteiger partial charge in [-0.3, -0.25) is 4.79 Å². The van der Waals surface area contributed by atoms with Crippen molar-refractivity contribution in [1.82, 2.24) is 5.32 Å². The summed E-state index contributed by atoms with van der Waals surface area (Å²) in [6.07, 6.45) is 1.98. The number of rotatable bonds is 5. The lowest BCUT2D eigenvalue weighted by Crippen LogP contribution is -2.27. The number of carbonyl (C=O) groups is 1. The van der Waals surface area contributed by atoms with Crippen LogP contribution < -0.4 is 5.32 Å². The molecule has 0 aromatic heterocycles. The number of nitrogens with one attached hydrogen (secondary N) is 1. The maximum atomic E-state index is 12.6. The van der Waals surface area contributed by atoms with Gasteiger partial charge < -0.3 is 5.32 Å². The Kier molecular flexibility index (Phi) is 5.56. The molecule has 0 saturated carbocycles. The van der Waals surface area contributed by atoms with Gasteiger partial charge in [0.25, 0.3) is 5.91 Å². The van der Waals surface area contributed by atoms with Crippen LogP contribution in [-0.4, -0.2) is 12.2 Å². The number of carbonyl (C=O) groups excluding carboxylic acids is 1. The molecule has 3 rings (SSSR count). The number of amides is 1. The zero-order valence-electron chi connectivity index (χ0n) is 14.4. The first-order valence-corrected chi connectivity index (χ1v) is 9.51. The Labute approximate surface area is 153 Å². The van der Waals surface area contributed by atoms with Gasteiger partial charge in [-0.2, -0.15) is 0 Å². The summed E-state index contributed by atoms with van der Waals surface area (Å²) in [5, 5.41) is 3.09. The van der Waals surface area contributed by atoms with Crippen molar-refractivity contribution in [2.75, 3.05) is 6.26 Å². The summed E-state index contributed by atoms with van der Waals surface area (Å²) >= 11 is 1.59. The number of hydrogen-bond acceptors (Lipinski definition) is 2. The molecule has 0 heterocycles. The molecule has 0 bridgehead atoms. The lowest BCUT2D eigenvalue weighted by molar-refractivity contribution is 0.0937. The van der Waals surface area contributed by atoms with Crippen molar-refractivity contribution in [3.63, 3.8) is 0 Å². The Bertz CT molecular complexity index is 843. The normalized spacial score (nSPS) is 11.8. The molecule has 0 aliphatic carbocycles. The molecule has 126 valence electrons. The van der Waals surface area contributed by atoms with Crippen LogP contribution in [0.5, 0.6) is 0 Å². The molecular formula is C22H21NOS. The highest BCUT2D eigenvalue weighted by atomic mass is 32.2. The summed E-state index contributed by atoms with van der Waals surface area (Å²) in [4.78, 5) is 13.6. The molecular weight excluding hydrogens is 326 g/mol. The standard InChI is InChI=1S/C22H21NOS/c1-16(23-22(24)20-10-6-7-11-21(20)25-2)17-12-14-19(15-13-17)18-8-4-3-5-9-18/h3-16H,1-2H3,(H,23,24). The van der Waals surface area contributed by atoms with Gasteiger partial charge in [-0.15, -0.1) is 11.8 Å². The summed E-state index contributed by atoms with van der Waals surface area (Å²) in [5.41, 5.74) is 4.19. The molecule has 0 aliphatic rings. The van der Waals surface area contributed by atoms with Crippen LogP contribution in [0, 0.1) is 0 Å². The maximum Gasteiger partial charge on any atom is 0.252 e. The zero-order valence-corrected chi connectivity index (χ0v) is 15.2. The van der Waals surface area contributed by atoms with Gasteiger partial charge in [-0.25, -0.2) is 0 Å². The van der Waals surface area contributed by atoms with Gasteiger partial charge in [0, 0.05) is 4.90 Å². The van der Waals surface area contributed by atoms with Crippen LogP contribution in [-0.2, 0) is 0 Å². The van der Waals surface area contributed by atoms with E-state index in [9.17, 15) is 4.79 Å². The van der Waals surface area contributed by atoms with Crippen LogP contribution in [0.1, 0.15) is 28.9 Å². The summed E-state index contributed by atoms with van der Waals surface area (Å²) in [6.45, 7) is 2.01. The second-order valence-electron chi connectivity index (χ2n) is 5.88. The maximum absolute atomic E-state index is 12.6. The topological polar surface area (TPSA) is 29.1 Å². The molecule has 0 saturated heterocycles. The van der Waals surface area contributed by atoms with Crippen molar-refractivity contribution < 1.29 is 4.79 Å². The molecule has 25 heavy (non-hydrogen) atoms. The highest BCUT2D eigenvalue weighted by Gasteiger charge is 2.14. The lowest BCUT2D eigenvalue weighted by Gasteiger charge is -2.16. The van der Waals surface area contributed by atoms with Crippen LogP contribution in [0.15, 0.2) is 83.8 Å². The van der Waals surface area contributed by atoms with Crippen molar-refractivity contribution in [2.24, 2.45) is 0 Å². The number of hydrogen-bond donors (Lipinski definition) is 1. The average molecular weight is 347 g/mol. The van der Waals surface area contributed by atoms with Gasteiger partial charge in [0.15, 0.2) is 0 Å². The molecule has 0 fully saturated rings. The smallest absolute Gasteiger partial charge is 0.252 e. The first-order chi connectivity index (χ1) is 12.2. The van der Waals surface area contributed by atoms with Gasteiger partial charge in [-0.05, 0) is 42.0 Å². The highest BCUT2D eigenvalue weighted by Crippen LogP contribution is 2.23. The fourth-order valence-corrected chi connectivity index (χ4v) is 3.38. The monoisotopic (exact) mass is 347 g/mol. The van der Waals surface area contributed by atoms with Gasteiger partial charge in [0.2, 0.25) is 0 Å². The summed E-state index contributed by atoms with van der Waals surface area (Å²) in [5.74, 6) is -0.0374. The zero-order chi connectivity index (χ0) is 17.6. The van der Waals surface area contributed by atoms with Crippen LogP contribution in [0.2, 0.25) is 0 Å². The van der Waals surface area contributed by atoms with E-state index in [1.807, 2.05) is 55.6 Å². The highest BCUT2D eigenvalue weighted by molar-refractivity contribution is 7.98. The Hall–Kier alpha value is -2.52. The average Bonchev–Trinajstić information content (AvgIpc) is 2.68. The van der Waals surface area contributed by atoms with E-state index in [1.54, 1.807) is 11.8 Å². The molecule has 3 aromatic carbocycles. The molecule has 1 unspecified atom stereocenters. The number of thioether (sulfide) groups is 1. The predicted molar refractivity (Wildman–Crippen MR) is 106 cm³/mol. The Morgan fingerprint density at radius 3 is 2.12 bits per heavy atom. The van der Waals surface area contributed by atoms with Crippen LogP contribution in [0.3, 0.4) is 0 Å². The predicted octanol–water partition coefficient (Wildman–Crippen LogP) is 5.57. The molecule has 1 N–H and O–H groups in total. The second-order valence-corrected chi connectivity index (χ2v) is 6.73. The lowest BCUT2D eigenvalue weighted by atomic mass is 10.0. The third-order valence-electron chi connectivity index (χ3n) is 4.22. The van der Waals surface area contributed by atoms with Crippen molar-refractivity contribution >= 4 is 17.7 Å². The van der Waals surface area contributed by atoms with Crippen molar-refractivity contribution in [3.8, 4) is 11.1 Å². The minimum Gasteiger partial charge on any atom is -0.345 e. The fraction of sp³-hybridized carbons (Fsp3) is 0.136. The van der Waals surface area contributed by atoms with E-state index in [0.717, 1.165) is 16.0 Å². The molecule has 1 amide bonds. The summed E-state index contributed by atoms with van der Waals surface area (Å²) in [7, 11) is 0. The Balaban J connectivity index is 1.73. The SMILES string of the molecule is CSc1ccccc1C(=O)NC(C)c1ccc(-c2ccccc2)cc1. The van der Waals surface area contributed by atoms with Gasteiger partial charge in [-0.1, -0.05) is 66.7 Å². The van der Waals surface area contributed by atoms with Crippen LogP contribution in [0.25, 0.3) is 11.1 Å². The fourth-order valence-electron chi connectivity index (χ4n) is 2.78. The molecule has 0 spiro atoms. The van der Waals surface area contributed by atoms with Crippen LogP contribution in [0.4, 0.5) is 0 Å². The minimum absolute atomic E-state index is 0.0374. The Morgan fingerprint density at radius 2 is 1.44 bits per heavy atom. The van der Waals surface area contributed by atoms with E-state index in [-0.39, 0.29) is 11.9 Å². The van der Waals surface area contributed by atoms with E-state index in [4.69, 9.17) is 0 Å². The van der Waals surface area contributed by atoms with Gasteiger partial charge in [0.1, 0.15) is 0 Å². The third-order valence-corrected chi connectivity index (χ3v) is 5.01. The van der Waals surface area contributed by atoms with Crippen molar-refractivity contribution in [2.45, 2.75) is 17.9 Å². The molecule has 3 heteroatoms. The van der Waals surface area contributed by atoms with Gasteiger partial charge in [0.05, 0.1) is 11.6 Å². The first kappa shape index (κ1) is 17.3. The van der Waals surface area contributed by atoms with E-state index >= 15 is 0 Å². The van der Waals surface area contributed by atoms with E-state index in [2.05, 4.69) is 41.7 Å². The third kappa shape index (κ3) is 4.12. The summed E-state index contributed by atoms with van der Waals surface area (Å²) < 4.78 is 0. The minimum atomic E-state index is -0.0489. The van der Waals surface area contributed by atoms with E-state index in [0.29, 0.717) is 0 Å². The number of benzene rings is 3. The summed E-state index contributed by atoms with van der Waals surface area (Å²) in [6, 6.07) is 26.3. The Morgan fingerprint density at radius 1 is 0.840 bits per heavy atom. The molecule has 0 aliphatic heterocycles. The van der Waals surface area contributed by atoms with Crippen molar-refractivity contribution in [1.29, 1.82) is 0 Å². The van der Waals surface area contributed by atoms with Gasteiger partial charge >= 0.3 is 0 Å². The van der Waals surface area contributed by atoms with Crippen LogP contribution >= 0.6 is 11.8 Å². The molecule has 0 radical (unpaired) electrons. The molecule has 1 atom stereocenters. The molecule has 3 aromatic rings. The molecule has 2 nitrogen and oxygen atoms in total. The largest absolute Gasteiger partial charge is 0.345 e.